The van der Waals surface area contributed by atoms with Gasteiger partial charge in [0.1, 0.15) is 0 Å². The monoisotopic (exact) mass is 702 g/mol. The average molecular weight is 703 g/mol. The molecule has 45 heavy (non-hydrogen) atoms. The highest BCUT2D eigenvalue weighted by Crippen LogP contribution is 2.63. The van der Waals surface area contributed by atoms with Crippen molar-refractivity contribution in [2.45, 2.75) is 11.3 Å². The SMILES string of the molecule is O=C(CNc1ccc(I)cc1)N/N=C\C12c3ccccc3C(c3ccccc31)[C@H]1C(=O)N(c3cccc4ccccc34)C(=O)[C@H]12. The molecule has 3 amide bonds. The van der Waals surface area contributed by atoms with Gasteiger partial charge >= 0.3 is 0 Å². The van der Waals surface area contributed by atoms with Gasteiger partial charge in [-0.1, -0.05) is 84.9 Å². The number of imide groups is 1. The summed E-state index contributed by atoms with van der Waals surface area (Å²) in [6, 6.07) is 37.3. The number of halogens is 1. The fraction of sp³-hybridized carbons (Fsp3) is 0.135. The van der Waals surface area contributed by atoms with E-state index in [4.69, 9.17) is 0 Å². The van der Waals surface area contributed by atoms with Gasteiger partial charge in [0.05, 0.1) is 29.5 Å². The number of fused-ring (bicyclic) bond motifs is 1. The molecule has 0 spiro atoms. The number of nitrogens with zero attached hydrogens (tertiary/aromatic N) is 2. The van der Waals surface area contributed by atoms with E-state index in [1.165, 1.54) is 4.90 Å². The van der Waals surface area contributed by atoms with Crippen LogP contribution in [-0.2, 0) is 19.8 Å². The van der Waals surface area contributed by atoms with Crippen LogP contribution < -0.4 is 15.6 Å². The van der Waals surface area contributed by atoms with Crippen molar-refractivity contribution in [3.05, 3.63) is 141 Å². The standard InChI is InChI=1S/C37H27IN4O3/c38-23-16-18-24(19-17-23)39-20-31(43)41-40-21-37-28-13-5-3-11-26(28)32(27-12-4-6-14-29(27)37)33-34(37)36(45)42(35(33)44)30-15-7-9-22-8-1-2-10-25(22)30/h1-19,21,32-34,39H,20H2,(H,41,43)/b40-21-/t32?,33-,34+,37?/m1/s1. The number of benzene rings is 5. The van der Waals surface area contributed by atoms with E-state index in [2.05, 4.69) is 50.6 Å². The molecule has 4 aliphatic rings. The molecule has 2 atom stereocenters. The second kappa shape index (κ2) is 10.7. The van der Waals surface area contributed by atoms with Crippen LogP contribution in [-0.4, -0.2) is 30.5 Å². The number of anilines is 2. The summed E-state index contributed by atoms with van der Waals surface area (Å²) in [5, 5.41) is 9.43. The summed E-state index contributed by atoms with van der Waals surface area (Å²) in [5.41, 5.74) is 6.93. The van der Waals surface area contributed by atoms with E-state index in [-0.39, 0.29) is 30.2 Å². The molecular weight excluding hydrogens is 675 g/mol. The third-order valence-electron chi connectivity index (χ3n) is 9.45. The van der Waals surface area contributed by atoms with Gasteiger partial charge in [-0.2, -0.15) is 5.10 Å². The second-order valence-electron chi connectivity index (χ2n) is 11.7. The molecule has 8 heteroatoms. The van der Waals surface area contributed by atoms with Crippen molar-refractivity contribution in [1.29, 1.82) is 0 Å². The van der Waals surface area contributed by atoms with Crippen LogP contribution in [0.2, 0.25) is 0 Å². The Bertz CT molecular complexity index is 2000. The summed E-state index contributed by atoms with van der Waals surface area (Å²) < 4.78 is 1.10. The van der Waals surface area contributed by atoms with Crippen molar-refractivity contribution in [2.75, 3.05) is 16.8 Å². The van der Waals surface area contributed by atoms with Crippen molar-refractivity contribution >= 4 is 68.7 Å². The maximum Gasteiger partial charge on any atom is 0.259 e. The molecule has 2 N–H and O–H groups in total. The summed E-state index contributed by atoms with van der Waals surface area (Å²) in [7, 11) is 0. The van der Waals surface area contributed by atoms with Gasteiger partial charge in [0.2, 0.25) is 11.8 Å². The minimum atomic E-state index is -1.06. The smallest absolute Gasteiger partial charge is 0.259 e. The summed E-state index contributed by atoms with van der Waals surface area (Å²) in [6.07, 6.45) is 1.69. The van der Waals surface area contributed by atoms with Crippen LogP contribution in [0.5, 0.6) is 0 Å². The van der Waals surface area contributed by atoms with Crippen molar-refractivity contribution in [3.63, 3.8) is 0 Å². The Labute approximate surface area is 273 Å². The molecule has 1 fully saturated rings. The van der Waals surface area contributed by atoms with Gasteiger partial charge in [-0.15, -0.1) is 0 Å². The predicted octanol–water partition coefficient (Wildman–Crippen LogP) is 6.21. The van der Waals surface area contributed by atoms with E-state index in [9.17, 15) is 14.4 Å². The molecule has 1 saturated heterocycles. The van der Waals surface area contributed by atoms with Crippen LogP contribution in [0.3, 0.4) is 0 Å². The van der Waals surface area contributed by atoms with E-state index >= 15 is 0 Å². The molecule has 1 aliphatic heterocycles. The molecule has 1 heterocycles. The first-order valence-corrected chi connectivity index (χ1v) is 15.9. The van der Waals surface area contributed by atoms with E-state index in [1.807, 2.05) is 103 Å². The first-order chi connectivity index (χ1) is 22.0. The van der Waals surface area contributed by atoms with Crippen molar-refractivity contribution in [2.24, 2.45) is 16.9 Å². The van der Waals surface area contributed by atoms with Gasteiger partial charge in [-0.05, 0) is 80.6 Å². The zero-order valence-corrected chi connectivity index (χ0v) is 26.1. The quantitative estimate of drug-likeness (QED) is 0.0954. The number of nitrogens with one attached hydrogen (secondary N) is 2. The number of carbonyl (C=O) groups is 3. The van der Waals surface area contributed by atoms with Gasteiger partial charge in [0.15, 0.2) is 0 Å². The summed E-state index contributed by atoms with van der Waals surface area (Å²) >= 11 is 2.23. The minimum absolute atomic E-state index is 0.0263. The summed E-state index contributed by atoms with van der Waals surface area (Å²) in [6.45, 7) is 0.0263. The predicted molar refractivity (Wildman–Crippen MR) is 183 cm³/mol. The van der Waals surface area contributed by atoms with E-state index in [0.717, 1.165) is 42.3 Å². The summed E-state index contributed by atoms with van der Waals surface area (Å²) in [4.78, 5) is 43.6. The lowest BCUT2D eigenvalue weighted by molar-refractivity contribution is -0.122. The average Bonchev–Trinajstić information content (AvgIpc) is 3.34. The molecule has 0 unspecified atom stereocenters. The van der Waals surface area contributed by atoms with Crippen LogP contribution in [0.15, 0.2) is 120 Å². The number of amides is 3. The molecule has 0 saturated carbocycles. The highest BCUT2D eigenvalue weighted by atomic mass is 127. The fourth-order valence-corrected chi connectivity index (χ4v) is 8.05. The lowest BCUT2D eigenvalue weighted by Gasteiger charge is -2.52. The van der Waals surface area contributed by atoms with Crippen LogP contribution >= 0.6 is 22.6 Å². The van der Waals surface area contributed by atoms with Gasteiger partial charge in [-0.3, -0.25) is 14.4 Å². The van der Waals surface area contributed by atoms with E-state index in [0.29, 0.717) is 5.69 Å². The van der Waals surface area contributed by atoms with Crippen molar-refractivity contribution in [1.82, 2.24) is 5.43 Å². The Hall–Kier alpha value is -4.83. The third kappa shape index (κ3) is 4.15. The largest absolute Gasteiger partial charge is 0.376 e. The highest BCUT2D eigenvalue weighted by molar-refractivity contribution is 14.1. The normalized spacial score (nSPS) is 22.8. The van der Waals surface area contributed by atoms with Gasteiger partial charge in [0, 0.05) is 26.8 Å². The molecule has 3 aliphatic carbocycles. The topological polar surface area (TPSA) is 90.9 Å². The zero-order valence-electron chi connectivity index (χ0n) is 24.0. The molecule has 7 nitrogen and oxygen atoms in total. The molecule has 0 radical (unpaired) electrons. The van der Waals surface area contributed by atoms with Crippen LogP contribution in [0.25, 0.3) is 10.8 Å². The molecule has 5 aromatic rings. The number of carbonyl (C=O) groups excluding carboxylic acids is 3. The van der Waals surface area contributed by atoms with Crippen molar-refractivity contribution < 1.29 is 14.4 Å². The first kappa shape index (κ1) is 27.7. The second-order valence-corrected chi connectivity index (χ2v) is 12.9. The third-order valence-corrected chi connectivity index (χ3v) is 10.2. The molecule has 220 valence electrons. The van der Waals surface area contributed by atoms with Gasteiger partial charge < -0.3 is 5.32 Å². The number of hydrogen-bond donors (Lipinski definition) is 2. The Kier molecular flexibility index (Phi) is 6.56. The molecular formula is C37H27IN4O3. The van der Waals surface area contributed by atoms with Crippen molar-refractivity contribution in [3.8, 4) is 0 Å². The number of hydrazone groups is 1. The Morgan fingerprint density at radius 2 is 1.44 bits per heavy atom. The summed E-state index contributed by atoms with van der Waals surface area (Å²) in [5.74, 6) is -2.42. The number of rotatable bonds is 6. The molecule has 9 rings (SSSR count). The van der Waals surface area contributed by atoms with Gasteiger partial charge in [0.25, 0.3) is 5.91 Å². The lowest BCUT2D eigenvalue weighted by atomic mass is 9.47. The Balaban J connectivity index is 1.22. The van der Waals surface area contributed by atoms with E-state index < -0.39 is 17.3 Å². The maximum atomic E-state index is 14.7. The maximum absolute atomic E-state index is 14.7. The van der Waals surface area contributed by atoms with Crippen LogP contribution in [0.1, 0.15) is 28.2 Å². The lowest BCUT2D eigenvalue weighted by Crippen LogP contribution is -2.54. The molecule has 5 aromatic carbocycles. The number of hydrogen-bond acceptors (Lipinski definition) is 5. The minimum Gasteiger partial charge on any atom is -0.376 e. The van der Waals surface area contributed by atoms with Gasteiger partial charge in [-0.25, -0.2) is 10.3 Å². The Morgan fingerprint density at radius 1 is 0.800 bits per heavy atom. The molecule has 0 aromatic heterocycles. The van der Waals surface area contributed by atoms with Crippen LogP contribution in [0, 0.1) is 15.4 Å². The zero-order chi connectivity index (χ0) is 30.7. The molecule has 2 bridgehead atoms. The Morgan fingerprint density at radius 3 is 2.18 bits per heavy atom. The fourth-order valence-electron chi connectivity index (χ4n) is 7.69. The van der Waals surface area contributed by atoms with Crippen LogP contribution in [0.4, 0.5) is 11.4 Å². The first-order valence-electron chi connectivity index (χ1n) is 14.9. The highest BCUT2D eigenvalue weighted by Gasteiger charge is 2.68. The van der Waals surface area contributed by atoms with E-state index in [1.54, 1.807) is 6.21 Å².